The van der Waals surface area contributed by atoms with E-state index >= 15 is 0 Å². The Morgan fingerprint density at radius 3 is 2.63 bits per heavy atom. The molecule has 0 fully saturated rings. The SMILES string of the molecule is CCOC(=O)COc1[nH]n2c(=O)cc(C)nc2c1S(=O)(=O)c1ccccc1. The van der Waals surface area contributed by atoms with Crippen LogP contribution in [0.1, 0.15) is 12.6 Å². The minimum absolute atomic E-state index is 0.00300. The van der Waals surface area contributed by atoms with Crippen molar-refractivity contribution in [1.82, 2.24) is 14.6 Å². The second-order valence-electron chi connectivity index (χ2n) is 5.58. The van der Waals surface area contributed by atoms with Crippen LogP contribution in [0.2, 0.25) is 0 Å². The number of nitrogens with one attached hydrogen (secondary N) is 1. The Balaban J connectivity index is 2.20. The maximum Gasteiger partial charge on any atom is 0.344 e. The second kappa shape index (κ2) is 7.23. The molecule has 27 heavy (non-hydrogen) atoms. The Morgan fingerprint density at radius 2 is 1.96 bits per heavy atom. The molecule has 10 heteroatoms. The number of carbonyl (C=O) groups is 1. The highest BCUT2D eigenvalue weighted by Gasteiger charge is 2.30. The molecule has 0 aliphatic rings. The zero-order chi connectivity index (χ0) is 19.6. The van der Waals surface area contributed by atoms with Gasteiger partial charge in [0.15, 0.2) is 17.1 Å². The van der Waals surface area contributed by atoms with Crippen molar-refractivity contribution in [3.63, 3.8) is 0 Å². The molecule has 0 bridgehead atoms. The van der Waals surface area contributed by atoms with Crippen molar-refractivity contribution >= 4 is 21.5 Å². The summed E-state index contributed by atoms with van der Waals surface area (Å²) in [6.45, 7) is 2.85. The summed E-state index contributed by atoms with van der Waals surface area (Å²) in [4.78, 5) is 27.7. The highest BCUT2D eigenvalue weighted by Crippen LogP contribution is 2.31. The number of H-pyrrole nitrogens is 1. The largest absolute Gasteiger partial charge is 0.465 e. The van der Waals surface area contributed by atoms with Gasteiger partial charge < -0.3 is 9.47 Å². The average Bonchev–Trinajstić information content (AvgIpc) is 3.00. The first-order valence-electron chi connectivity index (χ1n) is 8.05. The molecular weight excluding hydrogens is 374 g/mol. The van der Waals surface area contributed by atoms with Gasteiger partial charge in [-0.2, -0.15) is 4.52 Å². The van der Waals surface area contributed by atoms with Crippen LogP contribution in [0.4, 0.5) is 0 Å². The number of rotatable bonds is 6. The molecule has 0 radical (unpaired) electrons. The number of benzene rings is 1. The van der Waals surface area contributed by atoms with Gasteiger partial charge in [-0.3, -0.25) is 9.89 Å². The number of hydrogen-bond donors (Lipinski definition) is 1. The van der Waals surface area contributed by atoms with Gasteiger partial charge in [0, 0.05) is 11.8 Å². The highest BCUT2D eigenvalue weighted by molar-refractivity contribution is 7.91. The van der Waals surface area contributed by atoms with E-state index in [2.05, 4.69) is 10.1 Å². The molecule has 0 unspecified atom stereocenters. The molecule has 0 spiro atoms. The van der Waals surface area contributed by atoms with Gasteiger partial charge in [0.25, 0.3) is 5.56 Å². The predicted molar refractivity (Wildman–Crippen MR) is 94.6 cm³/mol. The van der Waals surface area contributed by atoms with Gasteiger partial charge in [-0.15, -0.1) is 0 Å². The highest BCUT2D eigenvalue weighted by atomic mass is 32.2. The number of esters is 1. The summed E-state index contributed by atoms with van der Waals surface area (Å²) in [6.07, 6.45) is 0. The van der Waals surface area contributed by atoms with Crippen molar-refractivity contribution in [2.75, 3.05) is 13.2 Å². The molecule has 0 saturated heterocycles. The van der Waals surface area contributed by atoms with Crippen LogP contribution in [0.3, 0.4) is 0 Å². The molecule has 0 aliphatic heterocycles. The van der Waals surface area contributed by atoms with Crippen LogP contribution in [-0.2, 0) is 19.4 Å². The smallest absolute Gasteiger partial charge is 0.344 e. The number of aromatic amines is 1. The zero-order valence-corrected chi connectivity index (χ0v) is 15.4. The molecule has 2 heterocycles. The van der Waals surface area contributed by atoms with E-state index in [1.165, 1.54) is 18.2 Å². The molecule has 9 nitrogen and oxygen atoms in total. The fraction of sp³-hybridized carbons (Fsp3) is 0.235. The number of nitrogens with zero attached hydrogens (tertiary/aromatic N) is 2. The third kappa shape index (κ3) is 3.56. The number of fused-ring (bicyclic) bond motifs is 1. The van der Waals surface area contributed by atoms with Crippen LogP contribution in [0, 0.1) is 6.92 Å². The van der Waals surface area contributed by atoms with Crippen LogP contribution in [0.5, 0.6) is 5.88 Å². The van der Waals surface area contributed by atoms with Gasteiger partial charge >= 0.3 is 5.97 Å². The second-order valence-corrected chi connectivity index (χ2v) is 7.46. The Bertz CT molecular complexity index is 1150. The van der Waals surface area contributed by atoms with Crippen molar-refractivity contribution in [2.24, 2.45) is 0 Å². The molecule has 1 aromatic carbocycles. The normalized spacial score (nSPS) is 11.5. The minimum Gasteiger partial charge on any atom is -0.465 e. The van der Waals surface area contributed by atoms with E-state index in [1.54, 1.807) is 32.0 Å². The van der Waals surface area contributed by atoms with E-state index in [1.807, 2.05) is 0 Å². The number of hydrogen-bond acceptors (Lipinski definition) is 7. The summed E-state index contributed by atoms with van der Waals surface area (Å²) in [5, 5.41) is 2.57. The maximum atomic E-state index is 13.2. The summed E-state index contributed by atoms with van der Waals surface area (Å²) in [6, 6.07) is 8.91. The number of aromatic nitrogens is 3. The monoisotopic (exact) mass is 391 g/mol. The molecule has 0 atom stereocenters. The predicted octanol–water partition coefficient (Wildman–Crippen LogP) is 1.11. The number of carbonyl (C=O) groups excluding carboxylic acids is 1. The fourth-order valence-corrected chi connectivity index (χ4v) is 3.98. The van der Waals surface area contributed by atoms with Crippen LogP contribution in [0.15, 0.2) is 51.0 Å². The zero-order valence-electron chi connectivity index (χ0n) is 14.6. The number of ether oxygens (including phenoxy) is 2. The van der Waals surface area contributed by atoms with Crippen molar-refractivity contribution in [2.45, 2.75) is 23.6 Å². The fourth-order valence-electron chi connectivity index (χ4n) is 2.50. The van der Waals surface area contributed by atoms with E-state index in [9.17, 15) is 18.0 Å². The third-order valence-corrected chi connectivity index (χ3v) is 5.43. The lowest BCUT2D eigenvalue weighted by atomic mass is 10.4. The lowest BCUT2D eigenvalue weighted by Gasteiger charge is -2.07. The Kier molecular flexibility index (Phi) is 5.00. The topological polar surface area (TPSA) is 120 Å². The Morgan fingerprint density at radius 1 is 1.26 bits per heavy atom. The van der Waals surface area contributed by atoms with E-state index in [4.69, 9.17) is 9.47 Å². The lowest BCUT2D eigenvalue weighted by Crippen LogP contribution is -2.16. The quantitative estimate of drug-likeness (QED) is 0.625. The lowest BCUT2D eigenvalue weighted by molar-refractivity contribution is -0.145. The molecular formula is C17H17N3O6S. The summed E-state index contributed by atoms with van der Waals surface area (Å²) >= 11 is 0. The maximum absolute atomic E-state index is 13.2. The van der Waals surface area contributed by atoms with Gasteiger partial charge in [0.2, 0.25) is 15.7 Å². The van der Waals surface area contributed by atoms with Gasteiger partial charge in [-0.1, -0.05) is 18.2 Å². The van der Waals surface area contributed by atoms with Crippen molar-refractivity contribution in [3.8, 4) is 5.88 Å². The summed E-state index contributed by atoms with van der Waals surface area (Å²) in [5.74, 6) is -0.933. The molecule has 0 saturated carbocycles. The van der Waals surface area contributed by atoms with Gasteiger partial charge in [-0.05, 0) is 26.0 Å². The molecule has 1 N–H and O–H groups in total. The minimum atomic E-state index is -4.08. The molecule has 0 amide bonds. The van der Waals surface area contributed by atoms with Crippen LogP contribution < -0.4 is 10.3 Å². The van der Waals surface area contributed by atoms with Crippen LogP contribution >= 0.6 is 0 Å². The first-order chi connectivity index (χ1) is 12.8. The summed E-state index contributed by atoms with van der Waals surface area (Å²) < 4.78 is 37.4. The molecule has 3 aromatic rings. The van der Waals surface area contributed by atoms with Crippen molar-refractivity contribution in [3.05, 3.63) is 52.4 Å². The van der Waals surface area contributed by atoms with Crippen molar-refractivity contribution < 1.29 is 22.7 Å². The number of sulfone groups is 1. The Labute approximate surface area is 154 Å². The van der Waals surface area contributed by atoms with Crippen LogP contribution in [0.25, 0.3) is 5.65 Å². The van der Waals surface area contributed by atoms with E-state index < -0.39 is 28.0 Å². The van der Waals surface area contributed by atoms with Gasteiger partial charge in [-0.25, -0.2) is 18.2 Å². The third-order valence-electron chi connectivity index (χ3n) is 3.63. The van der Waals surface area contributed by atoms with Gasteiger partial charge in [0.1, 0.15) is 0 Å². The van der Waals surface area contributed by atoms with E-state index in [0.717, 1.165) is 4.52 Å². The van der Waals surface area contributed by atoms with Crippen molar-refractivity contribution in [1.29, 1.82) is 0 Å². The summed E-state index contributed by atoms with van der Waals surface area (Å²) in [5.41, 5.74) is -0.267. The van der Waals surface area contributed by atoms with E-state index in [-0.39, 0.29) is 27.9 Å². The number of aryl methyl sites for hydroxylation is 1. The standard InChI is InChI=1S/C17H17N3O6S/c1-3-25-14(22)10-26-17-15(27(23,24)12-7-5-4-6-8-12)16-18-11(2)9-13(21)20(16)19-17/h4-9,19H,3,10H2,1-2H3. The van der Waals surface area contributed by atoms with Crippen LogP contribution in [-0.4, -0.2) is 42.2 Å². The molecule has 0 aliphatic carbocycles. The molecule has 142 valence electrons. The summed E-state index contributed by atoms with van der Waals surface area (Å²) in [7, 11) is -4.08. The van der Waals surface area contributed by atoms with Gasteiger partial charge in [0.05, 0.1) is 11.5 Å². The molecule has 3 rings (SSSR count). The first kappa shape index (κ1) is 18.6. The van der Waals surface area contributed by atoms with E-state index in [0.29, 0.717) is 5.69 Å². The average molecular weight is 391 g/mol. The Hall–Kier alpha value is -3.14. The first-order valence-corrected chi connectivity index (χ1v) is 9.54. The molecule has 2 aromatic heterocycles.